The Morgan fingerprint density at radius 2 is 2.06 bits per heavy atom. The van der Waals surface area contributed by atoms with Crippen LogP contribution in [-0.4, -0.2) is 10.1 Å². The normalized spacial score (nSPS) is 12.4. The van der Waals surface area contributed by atoms with Gasteiger partial charge in [-0.2, -0.15) is 0 Å². The van der Waals surface area contributed by atoms with Crippen molar-refractivity contribution in [3.63, 3.8) is 0 Å². The lowest BCUT2D eigenvalue weighted by Gasteiger charge is -2.12. The van der Waals surface area contributed by atoms with Gasteiger partial charge in [-0.25, -0.2) is 8.78 Å². The van der Waals surface area contributed by atoms with E-state index in [0.29, 0.717) is 10.0 Å². The smallest absolute Gasteiger partial charge is 0.147 e. The number of aliphatic hydroxyl groups is 1. The van der Waals surface area contributed by atoms with Crippen LogP contribution < -0.4 is 0 Å². The zero-order chi connectivity index (χ0) is 13.1. The van der Waals surface area contributed by atoms with Crippen LogP contribution in [0.15, 0.2) is 41.1 Å². The highest BCUT2D eigenvalue weighted by molar-refractivity contribution is 9.10. The summed E-state index contributed by atoms with van der Waals surface area (Å²) in [6.07, 6.45) is 1.53. The summed E-state index contributed by atoms with van der Waals surface area (Å²) in [5.74, 6) is -0.965. The molecule has 1 aromatic heterocycles. The minimum Gasteiger partial charge on any atom is -0.388 e. The van der Waals surface area contributed by atoms with Crippen LogP contribution in [0, 0.1) is 11.6 Å². The lowest BCUT2D eigenvalue weighted by Crippen LogP contribution is -2.05. The summed E-state index contributed by atoms with van der Waals surface area (Å²) in [5, 5.41) is 9.96. The standard InChI is InChI=1S/C13H10BrF2NO/c14-11-2-1-9(15)5-8(11)6-13(18)10-3-4-17-7-12(10)16/h1-5,7,13,18H,6H2. The van der Waals surface area contributed by atoms with E-state index in [4.69, 9.17) is 0 Å². The maximum atomic E-state index is 13.4. The summed E-state index contributed by atoms with van der Waals surface area (Å²) in [7, 11) is 0. The molecule has 1 atom stereocenters. The number of nitrogens with zero attached hydrogens (tertiary/aromatic N) is 1. The van der Waals surface area contributed by atoms with E-state index in [-0.39, 0.29) is 12.0 Å². The van der Waals surface area contributed by atoms with Crippen molar-refractivity contribution in [1.29, 1.82) is 0 Å². The second kappa shape index (κ2) is 5.54. The predicted octanol–water partition coefficient (Wildman–Crippen LogP) is 3.40. The lowest BCUT2D eigenvalue weighted by atomic mass is 10.0. The van der Waals surface area contributed by atoms with Gasteiger partial charge < -0.3 is 5.11 Å². The third kappa shape index (κ3) is 2.91. The van der Waals surface area contributed by atoms with E-state index in [1.165, 1.54) is 24.4 Å². The van der Waals surface area contributed by atoms with Crippen LogP contribution >= 0.6 is 15.9 Å². The molecular formula is C13H10BrF2NO. The third-order valence-electron chi connectivity index (χ3n) is 2.58. The van der Waals surface area contributed by atoms with Crippen molar-refractivity contribution in [2.24, 2.45) is 0 Å². The van der Waals surface area contributed by atoms with E-state index in [9.17, 15) is 13.9 Å². The predicted molar refractivity (Wildman–Crippen MR) is 67.0 cm³/mol. The number of hydrogen-bond donors (Lipinski definition) is 1. The molecule has 2 rings (SSSR count). The minimum atomic E-state index is -1.04. The molecule has 1 unspecified atom stereocenters. The number of rotatable bonds is 3. The Morgan fingerprint density at radius 3 is 2.78 bits per heavy atom. The second-order valence-corrected chi connectivity index (χ2v) is 4.71. The van der Waals surface area contributed by atoms with Crippen LogP contribution in [0.5, 0.6) is 0 Å². The largest absolute Gasteiger partial charge is 0.388 e. The Labute approximate surface area is 111 Å². The van der Waals surface area contributed by atoms with E-state index >= 15 is 0 Å². The van der Waals surface area contributed by atoms with Gasteiger partial charge in [-0.1, -0.05) is 15.9 Å². The van der Waals surface area contributed by atoms with E-state index in [1.807, 2.05) is 0 Å². The number of aromatic nitrogens is 1. The third-order valence-corrected chi connectivity index (χ3v) is 3.36. The van der Waals surface area contributed by atoms with Gasteiger partial charge in [0.15, 0.2) is 0 Å². The summed E-state index contributed by atoms with van der Waals surface area (Å²) in [6.45, 7) is 0. The van der Waals surface area contributed by atoms with Gasteiger partial charge in [0.1, 0.15) is 11.6 Å². The Kier molecular flexibility index (Phi) is 4.04. The SMILES string of the molecule is OC(Cc1cc(F)ccc1Br)c1ccncc1F. The van der Waals surface area contributed by atoms with Gasteiger partial charge in [0.2, 0.25) is 0 Å². The molecular weight excluding hydrogens is 304 g/mol. The summed E-state index contributed by atoms with van der Waals surface area (Å²) in [6, 6.07) is 5.59. The Bertz CT molecular complexity index is 562. The zero-order valence-electron chi connectivity index (χ0n) is 9.28. The number of benzene rings is 1. The van der Waals surface area contributed by atoms with E-state index in [2.05, 4.69) is 20.9 Å². The van der Waals surface area contributed by atoms with Crippen LogP contribution in [0.1, 0.15) is 17.2 Å². The molecule has 5 heteroatoms. The Balaban J connectivity index is 2.24. The van der Waals surface area contributed by atoms with E-state index < -0.39 is 17.7 Å². The molecule has 0 aliphatic rings. The first-order valence-electron chi connectivity index (χ1n) is 5.29. The fourth-order valence-corrected chi connectivity index (χ4v) is 2.08. The van der Waals surface area contributed by atoms with Crippen molar-refractivity contribution in [3.8, 4) is 0 Å². The fraction of sp³-hybridized carbons (Fsp3) is 0.154. The first-order valence-corrected chi connectivity index (χ1v) is 6.08. The van der Waals surface area contributed by atoms with E-state index in [1.54, 1.807) is 6.07 Å². The van der Waals surface area contributed by atoms with Crippen molar-refractivity contribution in [3.05, 3.63) is 63.9 Å². The molecule has 0 aliphatic heterocycles. The highest BCUT2D eigenvalue weighted by atomic mass is 79.9. The highest BCUT2D eigenvalue weighted by Crippen LogP contribution is 2.25. The maximum Gasteiger partial charge on any atom is 0.147 e. The van der Waals surface area contributed by atoms with Crippen molar-refractivity contribution in [1.82, 2.24) is 4.98 Å². The molecule has 2 aromatic rings. The van der Waals surface area contributed by atoms with Crippen molar-refractivity contribution in [2.75, 3.05) is 0 Å². The van der Waals surface area contributed by atoms with Crippen LogP contribution in [0.3, 0.4) is 0 Å². The Hall–Kier alpha value is -1.33. The fourth-order valence-electron chi connectivity index (χ4n) is 1.67. The first kappa shape index (κ1) is 13.1. The summed E-state index contributed by atoms with van der Waals surface area (Å²) < 4.78 is 27.2. The maximum absolute atomic E-state index is 13.4. The summed E-state index contributed by atoms with van der Waals surface area (Å²) in [5.41, 5.74) is 0.736. The number of aliphatic hydroxyl groups excluding tert-OH is 1. The molecule has 1 N–H and O–H groups in total. The molecule has 0 bridgehead atoms. The van der Waals surface area contributed by atoms with Crippen molar-refractivity contribution in [2.45, 2.75) is 12.5 Å². The number of hydrogen-bond acceptors (Lipinski definition) is 2. The molecule has 0 saturated heterocycles. The molecule has 0 amide bonds. The molecule has 0 aliphatic carbocycles. The molecule has 94 valence electrons. The zero-order valence-corrected chi connectivity index (χ0v) is 10.9. The van der Waals surface area contributed by atoms with Gasteiger partial charge in [0, 0.05) is 22.7 Å². The van der Waals surface area contributed by atoms with Crippen LogP contribution in [0.2, 0.25) is 0 Å². The summed E-state index contributed by atoms with van der Waals surface area (Å²) >= 11 is 3.27. The molecule has 1 heterocycles. The van der Waals surface area contributed by atoms with Crippen molar-refractivity contribution >= 4 is 15.9 Å². The second-order valence-electron chi connectivity index (χ2n) is 3.85. The molecule has 0 spiro atoms. The van der Waals surface area contributed by atoms with Crippen LogP contribution in [0.4, 0.5) is 8.78 Å². The van der Waals surface area contributed by atoms with Gasteiger partial charge in [0.05, 0.1) is 12.3 Å². The number of pyridine rings is 1. The minimum absolute atomic E-state index is 0.124. The Morgan fingerprint density at radius 1 is 1.28 bits per heavy atom. The van der Waals surface area contributed by atoms with Gasteiger partial charge in [0.25, 0.3) is 0 Å². The van der Waals surface area contributed by atoms with Gasteiger partial charge in [-0.3, -0.25) is 4.98 Å². The molecule has 1 aromatic carbocycles. The topological polar surface area (TPSA) is 33.1 Å². The first-order chi connectivity index (χ1) is 8.58. The number of halogens is 3. The quantitative estimate of drug-likeness (QED) is 0.942. The van der Waals surface area contributed by atoms with Crippen LogP contribution in [-0.2, 0) is 6.42 Å². The monoisotopic (exact) mass is 313 g/mol. The van der Waals surface area contributed by atoms with Gasteiger partial charge >= 0.3 is 0 Å². The molecule has 0 saturated carbocycles. The van der Waals surface area contributed by atoms with Crippen LogP contribution in [0.25, 0.3) is 0 Å². The molecule has 18 heavy (non-hydrogen) atoms. The average molecular weight is 314 g/mol. The average Bonchev–Trinajstić information content (AvgIpc) is 2.34. The molecule has 2 nitrogen and oxygen atoms in total. The van der Waals surface area contributed by atoms with Crippen molar-refractivity contribution < 1.29 is 13.9 Å². The van der Waals surface area contributed by atoms with Gasteiger partial charge in [-0.15, -0.1) is 0 Å². The molecule has 0 radical (unpaired) electrons. The highest BCUT2D eigenvalue weighted by Gasteiger charge is 2.15. The lowest BCUT2D eigenvalue weighted by molar-refractivity contribution is 0.173. The van der Waals surface area contributed by atoms with Gasteiger partial charge in [-0.05, 0) is 29.8 Å². The molecule has 0 fully saturated rings. The van der Waals surface area contributed by atoms with E-state index in [0.717, 1.165) is 6.20 Å². The summed E-state index contributed by atoms with van der Waals surface area (Å²) in [4.78, 5) is 3.61.